The van der Waals surface area contributed by atoms with Crippen LogP contribution in [0.3, 0.4) is 0 Å². The number of alkyl carbamates (subject to hydrolysis) is 1. The molecule has 0 aromatic rings. The molecule has 0 aliphatic carbocycles. The fourth-order valence-electron chi connectivity index (χ4n) is 8.32. The maximum atomic E-state index is 14.1. The van der Waals surface area contributed by atoms with Crippen LogP contribution in [0.25, 0.3) is 0 Å². The molecule has 12 heteroatoms. The van der Waals surface area contributed by atoms with Gasteiger partial charge in [0.25, 0.3) is 0 Å². The smallest absolute Gasteiger partial charge is 0.408 e. The van der Waals surface area contributed by atoms with Crippen LogP contribution in [0.1, 0.15) is 100 Å². The summed E-state index contributed by atoms with van der Waals surface area (Å²) in [6.07, 6.45) is 1.54. The number of rotatable bonds is 6. The Morgan fingerprint density at radius 1 is 1.06 bits per heavy atom. The molecule has 0 radical (unpaired) electrons. The molecule has 1 amide bonds. The molecule has 47 heavy (non-hydrogen) atoms. The van der Waals surface area contributed by atoms with Crippen molar-refractivity contribution in [2.45, 2.75) is 160 Å². The number of hydrogen-bond donors (Lipinski definition) is 3. The fraction of sp³-hybridized carbons (Fsp3) is 0.914. The molecule has 0 aromatic heterocycles. The summed E-state index contributed by atoms with van der Waals surface area (Å²) in [7, 11) is 1.60. The molecule has 1 unspecified atom stereocenters. The second-order valence-corrected chi connectivity index (χ2v) is 15.0. The van der Waals surface area contributed by atoms with Gasteiger partial charge in [-0.15, -0.1) is 0 Å². The molecule has 4 rings (SSSR count). The number of carbonyl (C=O) groups is 3. The van der Waals surface area contributed by atoms with Gasteiger partial charge in [-0.2, -0.15) is 0 Å². The number of piperidine rings is 1. The van der Waals surface area contributed by atoms with Crippen molar-refractivity contribution < 1.29 is 43.2 Å². The SMILES string of the molecule is CC[C@H]1OC(=O)C(C)C(=O)[C@H](C)[C@@H](O[C@@H]2O[C@H]([C@@H](C)N3CCCCC3)CC[C@H]2O)[C@](C)(OC)C[C@@H](C)CN[C@H](C)[C@H]2NC(=O)O[C@@]21C. The number of hydrogen-bond acceptors (Lipinski definition) is 11. The minimum absolute atomic E-state index is 0.0477. The number of aliphatic hydroxyl groups is 1. The lowest BCUT2D eigenvalue weighted by atomic mass is 9.78. The third-order valence-electron chi connectivity index (χ3n) is 11.4. The monoisotopic (exact) mass is 667 g/mol. The summed E-state index contributed by atoms with van der Waals surface area (Å²) in [6, 6.07) is -0.542. The number of amides is 1. The first-order chi connectivity index (χ1) is 22.1. The first kappa shape index (κ1) is 38.0. The predicted molar refractivity (Wildman–Crippen MR) is 176 cm³/mol. The second kappa shape index (κ2) is 15.8. The van der Waals surface area contributed by atoms with Crippen LogP contribution in [0.5, 0.6) is 0 Å². The number of aliphatic hydroxyl groups excluding tert-OH is 1. The van der Waals surface area contributed by atoms with Crippen molar-refractivity contribution in [2.24, 2.45) is 17.8 Å². The summed E-state index contributed by atoms with van der Waals surface area (Å²) in [5, 5.41) is 17.6. The van der Waals surface area contributed by atoms with Crippen molar-refractivity contribution in [1.29, 1.82) is 0 Å². The lowest BCUT2D eigenvalue weighted by Crippen LogP contribution is -2.60. The number of nitrogens with zero attached hydrogens (tertiary/aromatic N) is 1. The summed E-state index contributed by atoms with van der Waals surface area (Å²) in [5.74, 6) is -2.94. The van der Waals surface area contributed by atoms with Gasteiger partial charge in [0.2, 0.25) is 0 Å². The van der Waals surface area contributed by atoms with E-state index in [1.807, 2.05) is 20.8 Å². The number of esters is 1. The van der Waals surface area contributed by atoms with Crippen LogP contribution < -0.4 is 10.6 Å². The normalized spacial score (nSPS) is 43.9. The zero-order valence-corrected chi connectivity index (χ0v) is 30.1. The third-order valence-corrected chi connectivity index (χ3v) is 11.4. The minimum atomic E-state index is -1.14. The topological polar surface area (TPSA) is 145 Å². The number of carbonyl (C=O) groups excluding carboxylic acids is 3. The Morgan fingerprint density at radius 3 is 2.38 bits per heavy atom. The van der Waals surface area contributed by atoms with Crippen molar-refractivity contribution in [3.8, 4) is 0 Å². The van der Waals surface area contributed by atoms with Crippen molar-refractivity contribution in [1.82, 2.24) is 15.5 Å². The minimum Gasteiger partial charge on any atom is -0.458 e. The van der Waals surface area contributed by atoms with E-state index in [1.54, 1.807) is 27.9 Å². The van der Waals surface area contributed by atoms with E-state index in [-0.39, 0.29) is 29.9 Å². The Bertz CT molecular complexity index is 1090. The lowest BCUT2D eigenvalue weighted by Gasteiger charge is -2.46. The van der Waals surface area contributed by atoms with Gasteiger partial charge in [-0.05, 0) is 98.7 Å². The number of likely N-dealkylation sites (tertiary alicyclic amines) is 1. The van der Waals surface area contributed by atoms with Crippen LogP contribution in [-0.4, -0.2) is 115 Å². The summed E-state index contributed by atoms with van der Waals surface area (Å²) in [4.78, 5) is 42.7. The van der Waals surface area contributed by atoms with Gasteiger partial charge in [0.15, 0.2) is 17.7 Å². The zero-order chi connectivity index (χ0) is 34.7. The number of cyclic esters (lactones) is 1. The molecule has 0 aromatic carbocycles. The highest BCUT2D eigenvalue weighted by molar-refractivity contribution is 6.00. The number of ether oxygens (including phenoxy) is 5. The van der Waals surface area contributed by atoms with Gasteiger partial charge in [0.1, 0.15) is 18.1 Å². The van der Waals surface area contributed by atoms with E-state index >= 15 is 0 Å². The largest absolute Gasteiger partial charge is 0.458 e. The molecule has 4 aliphatic rings. The van der Waals surface area contributed by atoms with Crippen LogP contribution in [0.15, 0.2) is 0 Å². The number of Topliss-reactive ketones (excluding diaryl/α,β-unsaturated/α-hetero) is 1. The summed E-state index contributed by atoms with van der Waals surface area (Å²) >= 11 is 0. The molecular weight excluding hydrogens is 606 g/mol. The Morgan fingerprint density at radius 2 is 1.74 bits per heavy atom. The van der Waals surface area contributed by atoms with E-state index in [0.29, 0.717) is 32.2 Å². The molecule has 4 saturated heterocycles. The summed E-state index contributed by atoms with van der Waals surface area (Å²) in [6.45, 7) is 17.7. The van der Waals surface area contributed by atoms with Gasteiger partial charge in [0.05, 0.1) is 23.9 Å². The molecule has 0 saturated carbocycles. The average Bonchev–Trinajstić information content (AvgIpc) is 3.38. The number of ketones is 1. The van der Waals surface area contributed by atoms with Crippen LogP contribution >= 0.6 is 0 Å². The average molecular weight is 668 g/mol. The maximum absolute atomic E-state index is 14.1. The quantitative estimate of drug-likeness (QED) is 0.283. The van der Waals surface area contributed by atoms with Gasteiger partial charge in [0, 0.05) is 25.1 Å². The van der Waals surface area contributed by atoms with Gasteiger partial charge in [-0.25, -0.2) is 4.79 Å². The molecular formula is C35H61N3O9. The first-order valence-electron chi connectivity index (χ1n) is 17.9. The predicted octanol–water partition coefficient (Wildman–Crippen LogP) is 3.57. The fourth-order valence-corrected chi connectivity index (χ4v) is 8.32. The molecule has 0 bridgehead atoms. The van der Waals surface area contributed by atoms with E-state index in [1.165, 1.54) is 19.3 Å². The van der Waals surface area contributed by atoms with Crippen LogP contribution in [0, 0.1) is 17.8 Å². The molecule has 270 valence electrons. The Kier molecular flexibility index (Phi) is 12.8. The highest BCUT2D eigenvalue weighted by Gasteiger charge is 2.55. The molecule has 3 N–H and O–H groups in total. The molecule has 4 aliphatic heterocycles. The van der Waals surface area contributed by atoms with Gasteiger partial charge < -0.3 is 39.4 Å². The van der Waals surface area contributed by atoms with Gasteiger partial charge in [-0.3, -0.25) is 14.5 Å². The Hall–Kier alpha value is -1.83. The van der Waals surface area contributed by atoms with E-state index in [0.717, 1.165) is 13.1 Å². The second-order valence-electron chi connectivity index (χ2n) is 15.0. The van der Waals surface area contributed by atoms with Gasteiger partial charge in [-0.1, -0.05) is 27.2 Å². The van der Waals surface area contributed by atoms with Gasteiger partial charge >= 0.3 is 12.1 Å². The standard InChI is InChI=1S/C35H61N3O9/c1-10-27-35(8)29(37-33(42)47-35)23(5)36-19-20(2)18-34(7,43-9)30(21(3)28(40)22(4)31(41)45-27)46-32-25(39)14-15-26(44-32)24(6)38-16-12-11-13-17-38/h20-27,29-30,32,36,39H,10-19H2,1-9H3,(H,37,42)/t20-,21+,22?,23-,24-,25-,26+,27-,29-,30-,32+,34-,35-/m1/s1. The van der Waals surface area contributed by atoms with E-state index in [4.69, 9.17) is 23.7 Å². The highest BCUT2D eigenvalue weighted by atomic mass is 16.7. The molecule has 0 spiro atoms. The van der Waals surface area contributed by atoms with Crippen molar-refractivity contribution in [3.63, 3.8) is 0 Å². The third kappa shape index (κ3) is 8.32. The Balaban J connectivity index is 1.63. The van der Waals surface area contributed by atoms with Crippen LogP contribution in [-0.2, 0) is 33.3 Å². The lowest BCUT2D eigenvalue weighted by molar-refractivity contribution is -0.293. The van der Waals surface area contributed by atoms with Crippen LogP contribution in [0.2, 0.25) is 0 Å². The number of methoxy groups -OCH3 is 1. The number of fused-ring (bicyclic) bond motifs is 1. The van der Waals surface area contributed by atoms with E-state index in [9.17, 15) is 19.5 Å². The van der Waals surface area contributed by atoms with Crippen molar-refractivity contribution >= 4 is 17.8 Å². The molecule has 12 nitrogen and oxygen atoms in total. The first-order valence-corrected chi connectivity index (χ1v) is 17.9. The molecule has 4 fully saturated rings. The number of nitrogens with one attached hydrogen (secondary N) is 2. The van der Waals surface area contributed by atoms with Crippen LogP contribution in [0.4, 0.5) is 4.79 Å². The van der Waals surface area contributed by atoms with E-state index in [2.05, 4.69) is 29.4 Å². The Labute approximate surface area is 281 Å². The molecule has 4 heterocycles. The maximum Gasteiger partial charge on any atom is 0.408 e. The van der Waals surface area contributed by atoms with E-state index < -0.39 is 65.7 Å². The zero-order valence-electron chi connectivity index (χ0n) is 30.1. The van der Waals surface area contributed by atoms with Crippen molar-refractivity contribution in [3.05, 3.63) is 0 Å². The molecule has 13 atom stereocenters. The van der Waals surface area contributed by atoms with Crippen molar-refractivity contribution in [2.75, 3.05) is 26.7 Å². The highest BCUT2D eigenvalue weighted by Crippen LogP contribution is 2.38. The summed E-state index contributed by atoms with van der Waals surface area (Å²) in [5.41, 5.74) is -2.13. The summed E-state index contributed by atoms with van der Waals surface area (Å²) < 4.78 is 31.1.